The van der Waals surface area contributed by atoms with Gasteiger partial charge in [0.15, 0.2) is 0 Å². The summed E-state index contributed by atoms with van der Waals surface area (Å²) in [7, 11) is 1.59. The van der Waals surface area contributed by atoms with Gasteiger partial charge in [-0.1, -0.05) is 129 Å². The maximum Gasteiger partial charge on any atom is 0.408 e. The number of nitrogens with two attached hydrogens (primary N) is 1. The summed E-state index contributed by atoms with van der Waals surface area (Å²) >= 11 is 0. The molecule has 2 aromatic rings. The summed E-state index contributed by atoms with van der Waals surface area (Å²) in [4.78, 5) is 46.5. The number of carbonyl (C=O) groups excluding carboxylic acids is 4. The summed E-state index contributed by atoms with van der Waals surface area (Å²) in [6.07, 6.45) is 6.00. The van der Waals surface area contributed by atoms with Crippen LogP contribution in [0.3, 0.4) is 0 Å². The van der Waals surface area contributed by atoms with Gasteiger partial charge in [-0.15, -0.1) is 0 Å². The molecule has 0 saturated carbocycles. The minimum atomic E-state index is -0.705. The highest BCUT2D eigenvalue weighted by Gasteiger charge is 2.38. The highest BCUT2D eigenvalue weighted by molar-refractivity contribution is 5.92. The fourth-order valence-electron chi connectivity index (χ4n) is 4.06. The Hall–Kier alpha value is -3.98. The lowest BCUT2D eigenvalue weighted by atomic mass is 9.85. The largest absolute Gasteiger partial charge is 0.444 e. The van der Waals surface area contributed by atoms with Crippen LogP contribution in [0.15, 0.2) is 66.7 Å². The number of amides is 3. The minimum Gasteiger partial charge on any atom is -0.444 e. The van der Waals surface area contributed by atoms with E-state index in [1.807, 2.05) is 92.7 Å². The lowest BCUT2D eigenvalue weighted by Gasteiger charge is -2.38. The van der Waals surface area contributed by atoms with Gasteiger partial charge >= 0.3 is 6.09 Å². The molecule has 9 heteroatoms. The van der Waals surface area contributed by atoms with Crippen LogP contribution in [0.25, 0.3) is 6.08 Å². The standard InChI is InChI=1S/C20H40N2O4.C9H10.C7H7NO.C2H4O.2C2H6/c1-11-12-14(2)13-22(15(3)25-10)17(23)16(19(4,5)6)21-18(24)26-20(7,8)9;1-2-6-9-7-4-3-5-8-9;8-7(9)6-4-2-1-3-5-6;1-2-3;2*1-2/h14-16H,11-13H2,1-10H3,(H,21,24);2-8H,1H3;1-5H,(H2,8,9);2H,1H3;2*1-2H3/b;6-2-;;;;. The number of rotatable bonds is 10. The number of aldehydes is 1. The van der Waals surface area contributed by atoms with Crippen molar-refractivity contribution in [3.8, 4) is 0 Å². The van der Waals surface area contributed by atoms with Gasteiger partial charge in [0.05, 0.1) is 0 Å². The molecule has 0 radical (unpaired) electrons. The number of nitrogens with one attached hydrogen (secondary N) is 1. The van der Waals surface area contributed by atoms with E-state index in [0.717, 1.165) is 19.1 Å². The first-order chi connectivity index (χ1) is 23.9. The minimum absolute atomic E-state index is 0.152. The number of hydrogen-bond acceptors (Lipinski definition) is 6. The first-order valence-corrected chi connectivity index (χ1v) is 18.1. The molecule has 0 fully saturated rings. The van der Waals surface area contributed by atoms with Crippen molar-refractivity contribution in [1.29, 1.82) is 0 Å². The SMILES string of the molecule is C/C=C\c1ccccc1.CC.CC.CC=O.CCCC(C)CN(C(=O)C(NC(=O)OC(C)(C)C)C(C)(C)C)C(C)OC.NC(=O)c1ccccc1. The Labute approximate surface area is 311 Å². The van der Waals surface area contributed by atoms with Gasteiger partial charge in [0, 0.05) is 19.2 Å². The van der Waals surface area contributed by atoms with Crippen LogP contribution >= 0.6 is 0 Å². The number of carbonyl (C=O) groups is 4. The molecule has 3 atom stereocenters. The van der Waals surface area contributed by atoms with E-state index < -0.39 is 23.2 Å². The van der Waals surface area contributed by atoms with Gasteiger partial charge in [-0.2, -0.15) is 0 Å². The van der Waals surface area contributed by atoms with Crippen LogP contribution in [0.4, 0.5) is 4.79 Å². The Balaban J connectivity index is -0.000000355. The quantitative estimate of drug-likeness (QED) is 0.186. The Kier molecular flexibility index (Phi) is 33.7. The second-order valence-electron chi connectivity index (χ2n) is 13.0. The molecule has 2 aromatic carbocycles. The van der Waals surface area contributed by atoms with E-state index in [0.29, 0.717) is 18.0 Å². The lowest BCUT2D eigenvalue weighted by molar-refractivity contribution is -0.148. The van der Waals surface area contributed by atoms with E-state index in [1.165, 1.54) is 12.5 Å². The van der Waals surface area contributed by atoms with Crippen LogP contribution in [0.2, 0.25) is 0 Å². The topological polar surface area (TPSA) is 128 Å². The molecule has 3 amide bonds. The van der Waals surface area contributed by atoms with Crippen molar-refractivity contribution in [3.63, 3.8) is 0 Å². The molecule has 0 aliphatic carbocycles. The molecule has 2 rings (SSSR count). The molecule has 292 valence electrons. The van der Waals surface area contributed by atoms with Gasteiger partial charge in [0.25, 0.3) is 0 Å². The van der Waals surface area contributed by atoms with Gasteiger partial charge in [0.2, 0.25) is 11.8 Å². The molecule has 0 aliphatic rings. The van der Waals surface area contributed by atoms with Gasteiger partial charge in [0.1, 0.15) is 24.2 Å². The molecular formula is C42H73N3O6. The molecule has 9 nitrogen and oxygen atoms in total. The lowest BCUT2D eigenvalue weighted by Crippen LogP contribution is -2.58. The third-order valence-electron chi connectivity index (χ3n) is 6.34. The van der Waals surface area contributed by atoms with E-state index >= 15 is 0 Å². The molecule has 0 bridgehead atoms. The molecule has 0 aliphatic heterocycles. The number of primary amides is 1. The van der Waals surface area contributed by atoms with Crippen LogP contribution < -0.4 is 11.1 Å². The first kappa shape index (κ1) is 53.8. The van der Waals surface area contributed by atoms with Crippen molar-refractivity contribution < 1.29 is 28.7 Å². The predicted octanol–water partition coefficient (Wildman–Crippen LogP) is 9.95. The van der Waals surface area contributed by atoms with E-state index in [1.54, 1.807) is 57.0 Å². The third-order valence-corrected chi connectivity index (χ3v) is 6.34. The Morgan fingerprint density at radius 1 is 0.863 bits per heavy atom. The smallest absolute Gasteiger partial charge is 0.408 e. The van der Waals surface area contributed by atoms with E-state index in [9.17, 15) is 14.4 Å². The average Bonchev–Trinajstić information content (AvgIpc) is 3.08. The second kappa shape index (κ2) is 32.0. The zero-order chi connectivity index (χ0) is 40.6. The van der Waals surface area contributed by atoms with Gasteiger partial charge in [-0.3, -0.25) is 9.59 Å². The van der Waals surface area contributed by atoms with Crippen molar-refractivity contribution in [2.24, 2.45) is 17.1 Å². The molecule has 0 aromatic heterocycles. The zero-order valence-corrected chi connectivity index (χ0v) is 34.8. The third kappa shape index (κ3) is 29.5. The van der Waals surface area contributed by atoms with Crippen LogP contribution in [-0.2, 0) is 19.1 Å². The molecular weight excluding hydrogens is 642 g/mol. The predicted molar refractivity (Wildman–Crippen MR) is 215 cm³/mol. The summed E-state index contributed by atoms with van der Waals surface area (Å²) in [5.41, 5.74) is 5.71. The van der Waals surface area contributed by atoms with E-state index in [4.69, 9.17) is 20.0 Å². The highest BCUT2D eigenvalue weighted by atomic mass is 16.6. The zero-order valence-electron chi connectivity index (χ0n) is 34.8. The normalized spacial score (nSPS) is 11.9. The second-order valence-corrected chi connectivity index (χ2v) is 13.0. The summed E-state index contributed by atoms with van der Waals surface area (Å²) < 4.78 is 10.8. The highest BCUT2D eigenvalue weighted by Crippen LogP contribution is 2.24. The molecule has 51 heavy (non-hydrogen) atoms. The number of methoxy groups -OCH3 is 1. The molecule has 0 saturated heterocycles. The molecule has 3 unspecified atom stereocenters. The van der Waals surface area contributed by atoms with Crippen LogP contribution in [0, 0.1) is 11.3 Å². The summed E-state index contributed by atoms with van der Waals surface area (Å²) in [6.45, 7) is 29.3. The van der Waals surface area contributed by atoms with Crippen molar-refractivity contribution in [3.05, 3.63) is 77.9 Å². The van der Waals surface area contributed by atoms with E-state index in [-0.39, 0.29) is 18.0 Å². The number of alkyl carbamates (subject to hydrolysis) is 1. The number of benzene rings is 2. The van der Waals surface area contributed by atoms with Crippen LogP contribution in [-0.4, -0.2) is 60.6 Å². The molecule has 0 spiro atoms. The Bertz CT molecular complexity index is 1170. The Morgan fingerprint density at radius 3 is 1.65 bits per heavy atom. The van der Waals surface area contributed by atoms with E-state index in [2.05, 4.69) is 37.4 Å². The number of allylic oxidation sites excluding steroid dienone is 1. The number of ether oxygens (including phenoxy) is 2. The van der Waals surface area contributed by atoms with Crippen LogP contribution in [0.5, 0.6) is 0 Å². The van der Waals surface area contributed by atoms with Gasteiger partial charge in [-0.05, 0) is 77.0 Å². The summed E-state index contributed by atoms with van der Waals surface area (Å²) in [5.74, 6) is -0.181. The number of hydrogen-bond donors (Lipinski definition) is 2. The molecule has 3 N–H and O–H groups in total. The summed E-state index contributed by atoms with van der Waals surface area (Å²) in [6, 6.07) is 18.3. The number of nitrogens with zero attached hydrogens (tertiary/aromatic N) is 1. The van der Waals surface area contributed by atoms with Crippen molar-refractivity contribution in [2.75, 3.05) is 13.7 Å². The van der Waals surface area contributed by atoms with Gasteiger partial charge in [-0.25, -0.2) is 4.79 Å². The van der Waals surface area contributed by atoms with Crippen molar-refractivity contribution in [2.45, 2.75) is 135 Å². The first-order valence-electron chi connectivity index (χ1n) is 18.1. The average molecular weight is 716 g/mol. The fraction of sp³-hybridized carbons (Fsp3) is 0.571. The van der Waals surface area contributed by atoms with Crippen LogP contribution in [0.1, 0.15) is 133 Å². The fourth-order valence-corrected chi connectivity index (χ4v) is 4.06. The van der Waals surface area contributed by atoms with Crippen molar-refractivity contribution in [1.82, 2.24) is 10.2 Å². The maximum atomic E-state index is 13.3. The van der Waals surface area contributed by atoms with Gasteiger partial charge < -0.3 is 30.2 Å². The summed E-state index contributed by atoms with van der Waals surface area (Å²) in [5, 5.41) is 2.77. The monoisotopic (exact) mass is 716 g/mol. The maximum absolute atomic E-state index is 13.3. The Morgan fingerprint density at radius 2 is 1.31 bits per heavy atom. The van der Waals surface area contributed by atoms with Crippen molar-refractivity contribution >= 4 is 30.3 Å². The molecule has 0 heterocycles.